The van der Waals surface area contributed by atoms with Crippen molar-refractivity contribution in [1.29, 1.82) is 0 Å². The molecular formula is C14H20F2N2O. The Labute approximate surface area is 112 Å². The molecule has 106 valence electrons. The SMILES string of the molecule is CCOc1ccccc1[C@@H](C(F)F)N1CCNCC1. The summed E-state index contributed by atoms with van der Waals surface area (Å²) in [7, 11) is 0. The third-order valence-corrected chi connectivity index (χ3v) is 3.32. The van der Waals surface area contributed by atoms with E-state index in [0.717, 1.165) is 13.1 Å². The maximum Gasteiger partial charge on any atom is 0.258 e. The van der Waals surface area contributed by atoms with Gasteiger partial charge >= 0.3 is 0 Å². The van der Waals surface area contributed by atoms with Crippen molar-refractivity contribution in [3.63, 3.8) is 0 Å². The van der Waals surface area contributed by atoms with Crippen molar-refractivity contribution in [3.8, 4) is 5.75 Å². The lowest BCUT2D eigenvalue weighted by Crippen LogP contribution is -2.47. The zero-order valence-electron chi connectivity index (χ0n) is 11.1. The van der Waals surface area contributed by atoms with Crippen LogP contribution in [-0.2, 0) is 0 Å². The van der Waals surface area contributed by atoms with E-state index in [0.29, 0.717) is 31.0 Å². The molecule has 1 saturated heterocycles. The first-order valence-corrected chi connectivity index (χ1v) is 6.68. The number of nitrogens with zero attached hydrogens (tertiary/aromatic N) is 1. The number of nitrogens with one attached hydrogen (secondary N) is 1. The van der Waals surface area contributed by atoms with E-state index < -0.39 is 12.5 Å². The van der Waals surface area contributed by atoms with E-state index in [1.165, 1.54) is 0 Å². The molecule has 0 aromatic heterocycles. The van der Waals surface area contributed by atoms with E-state index in [4.69, 9.17) is 4.74 Å². The smallest absolute Gasteiger partial charge is 0.258 e. The minimum atomic E-state index is -2.42. The summed E-state index contributed by atoms with van der Waals surface area (Å²) >= 11 is 0. The highest BCUT2D eigenvalue weighted by atomic mass is 19.3. The topological polar surface area (TPSA) is 24.5 Å². The molecule has 0 spiro atoms. The van der Waals surface area contributed by atoms with Crippen LogP contribution in [0.1, 0.15) is 18.5 Å². The van der Waals surface area contributed by atoms with E-state index in [-0.39, 0.29) is 0 Å². The van der Waals surface area contributed by atoms with Gasteiger partial charge in [0, 0.05) is 31.7 Å². The zero-order valence-corrected chi connectivity index (χ0v) is 11.1. The number of ether oxygens (including phenoxy) is 1. The number of benzene rings is 1. The summed E-state index contributed by atoms with van der Waals surface area (Å²) in [6.07, 6.45) is -2.42. The number of hydrogen-bond acceptors (Lipinski definition) is 3. The van der Waals surface area contributed by atoms with Gasteiger partial charge in [0.05, 0.1) is 12.6 Å². The molecule has 1 fully saturated rings. The maximum absolute atomic E-state index is 13.5. The van der Waals surface area contributed by atoms with Crippen LogP contribution in [0.25, 0.3) is 0 Å². The first-order chi connectivity index (χ1) is 9.24. The van der Waals surface area contributed by atoms with Crippen LogP contribution < -0.4 is 10.1 Å². The third kappa shape index (κ3) is 3.42. The second kappa shape index (κ2) is 6.82. The van der Waals surface area contributed by atoms with Crippen LogP contribution in [-0.4, -0.2) is 44.1 Å². The van der Waals surface area contributed by atoms with E-state index >= 15 is 0 Å². The molecule has 1 aliphatic heterocycles. The predicted octanol–water partition coefficient (Wildman–Crippen LogP) is 2.30. The van der Waals surface area contributed by atoms with Gasteiger partial charge in [-0.15, -0.1) is 0 Å². The van der Waals surface area contributed by atoms with Crippen LogP contribution in [0.2, 0.25) is 0 Å². The van der Waals surface area contributed by atoms with Gasteiger partial charge in [0.25, 0.3) is 6.43 Å². The van der Waals surface area contributed by atoms with Crippen molar-refractivity contribution in [2.75, 3.05) is 32.8 Å². The Bertz CT molecular complexity index is 395. The van der Waals surface area contributed by atoms with Gasteiger partial charge in [-0.3, -0.25) is 4.90 Å². The molecule has 0 amide bonds. The Morgan fingerprint density at radius 2 is 1.95 bits per heavy atom. The van der Waals surface area contributed by atoms with Crippen LogP contribution in [0.15, 0.2) is 24.3 Å². The molecular weight excluding hydrogens is 250 g/mol. The van der Waals surface area contributed by atoms with Crippen LogP contribution in [0, 0.1) is 0 Å². The minimum Gasteiger partial charge on any atom is -0.494 e. The Hall–Kier alpha value is -1.20. The fourth-order valence-corrected chi connectivity index (χ4v) is 2.46. The van der Waals surface area contributed by atoms with Crippen molar-refractivity contribution >= 4 is 0 Å². The van der Waals surface area contributed by atoms with Gasteiger partial charge in [0.1, 0.15) is 5.75 Å². The fourth-order valence-electron chi connectivity index (χ4n) is 2.46. The number of para-hydroxylation sites is 1. The molecule has 5 heteroatoms. The predicted molar refractivity (Wildman–Crippen MR) is 70.8 cm³/mol. The van der Waals surface area contributed by atoms with Crippen molar-refractivity contribution in [2.24, 2.45) is 0 Å². The number of halogens is 2. The van der Waals surface area contributed by atoms with E-state index in [1.54, 1.807) is 18.2 Å². The summed E-state index contributed by atoms with van der Waals surface area (Å²) in [6.45, 7) is 5.11. The Morgan fingerprint density at radius 3 is 2.58 bits per heavy atom. The second-order valence-corrected chi connectivity index (χ2v) is 4.54. The molecule has 1 aliphatic rings. The molecule has 1 N–H and O–H groups in total. The monoisotopic (exact) mass is 270 g/mol. The third-order valence-electron chi connectivity index (χ3n) is 3.32. The normalized spacial score (nSPS) is 18.5. The molecule has 0 aliphatic carbocycles. The highest BCUT2D eigenvalue weighted by Gasteiger charge is 2.32. The van der Waals surface area contributed by atoms with E-state index in [9.17, 15) is 8.78 Å². The van der Waals surface area contributed by atoms with Gasteiger partial charge < -0.3 is 10.1 Å². The summed E-state index contributed by atoms with van der Waals surface area (Å²) in [5, 5.41) is 3.18. The highest BCUT2D eigenvalue weighted by Crippen LogP contribution is 2.34. The van der Waals surface area contributed by atoms with Gasteiger partial charge in [-0.1, -0.05) is 18.2 Å². The Kier molecular flexibility index (Phi) is 5.10. The first kappa shape index (κ1) is 14.2. The summed E-state index contributed by atoms with van der Waals surface area (Å²) in [4.78, 5) is 1.83. The van der Waals surface area contributed by atoms with Crippen molar-refractivity contribution in [2.45, 2.75) is 19.4 Å². The first-order valence-electron chi connectivity index (χ1n) is 6.68. The van der Waals surface area contributed by atoms with Gasteiger partial charge in [-0.2, -0.15) is 0 Å². The average molecular weight is 270 g/mol. The van der Waals surface area contributed by atoms with Crippen LogP contribution >= 0.6 is 0 Å². The minimum absolute atomic E-state index is 0.481. The lowest BCUT2D eigenvalue weighted by atomic mass is 10.0. The van der Waals surface area contributed by atoms with Crippen molar-refractivity contribution in [3.05, 3.63) is 29.8 Å². The summed E-state index contributed by atoms with van der Waals surface area (Å²) in [5.41, 5.74) is 0.584. The molecule has 3 nitrogen and oxygen atoms in total. The van der Waals surface area contributed by atoms with Crippen LogP contribution in [0.3, 0.4) is 0 Å². The molecule has 0 radical (unpaired) electrons. The Morgan fingerprint density at radius 1 is 1.26 bits per heavy atom. The lowest BCUT2D eigenvalue weighted by molar-refractivity contribution is 0.0168. The second-order valence-electron chi connectivity index (χ2n) is 4.54. The standard InChI is InChI=1S/C14H20F2N2O/c1-2-19-12-6-4-3-5-11(12)13(14(15)16)18-9-7-17-8-10-18/h3-6,13-14,17H,2,7-10H2,1H3/t13-/m0/s1. The van der Waals surface area contributed by atoms with Crippen molar-refractivity contribution in [1.82, 2.24) is 10.2 Å². The molecule has 0 saturated carbocycles. The summed E-state index contributed by atoms with van der Waals surface area (Å²) in [5.74, 6) is 0.564. The Balaban J connectivity index is 2.27. The average Bonchev–Trinajstić information content (AvgIpc) is 2.42. The fraction of sp³-hybridized carbons (Fsp3) is 0.571. The molecule has 2 rings (SSSR count). The van der Waals surface area contributed by atoms with Crippen molar-refractivity contribution < 1.29 is 13.5 Å². The zero-order chi connectivity index (χ0) is 13.7. The van der Waals surface area contributed by atoms with Gasteiger partial charge in [-0.05, 0) is 13.0 Å². The van der Waals surface area contributed by atoms with Gasteiger partial charge in [0.2, 0.25) is 0 Å². The van der Waals surface area contributed by atoms with Crippen LogP contribution in [0.4, 0.5) is 8.78 Å². The number of alkyl halides is 2. The molecule has 1 heterocycles. The number of hydrogen-bond donors (Lipinski definition) is 1. The summed E-state index contributed by atoms with van der Waals surface area (Å²) in [6, 6.07) is 6.22. The number of piperazine rings is 1. The molecule has 19 heavy (non-hydrogen) atoms. The molecule has 0 bridgehead atoms. The molecule has 1 atom stereocenters. The highest BCUT2D eigenvalue weighted by molar-refractivity contribution is 5.36. The van der Waals surface area contributed by atoms with Gasteiger partial charge in [-0.25, -0.2) is 8.78 Å². The van der Waals surface area contributed by atoms with E-state index in [2.05, 4.69) is 5.32 Å². The summed E-state index contributed by atoms with van der Waals surface area (Å²) < 4.78 is 32.4. The number of rotatable bonds is 5. The quantitative estimate of drug-likeness (QED) is 0.888. The maximum atomic E-state index is 13.5. The van der Waals surface area contributed by atoms with E-state index in [1.807, 2.05) is 17.9 Å². The molecule has 1 aromatic rings. The molecule has 1 aromatic carbocycles. The van der Waals surface area contributed by atoms with Crippen LogP contribution in [0.5, 0.6) is 5.75 Å². The molecule has 0 unspecified atom stereocenters. The largest absolute Gasteiger partial charge is 0.494 e. The lowest BCUT2D eigenvalue weighted by Gasteiger charge is -2.35. The van der Waals surface area contributed by atoms with Gasteiger partial charge in [0.15, 0.2) is 0 Å².